The summed E-state index contributed by atoms with van der Waals surface area (Å²) in [6.45, 7) is 5.56. The molecule has 1 saturated carbocycles. The van der Waals surface area contributed by atoms with Crippen molar-refractivity contribution < 1.29 is 13.6 Å². The molecule has 0 aliphatic heterocycles. The quantitative estimate of drug-likeness (QED) is 0.846. The van der Waals surface area contributed by atoms with Crippen LogP contribution in [0.15, 0.2) is 0 Å². The average Bonchev–Trinajstić information content (AvgIpc) is 2.24. The van der Waals surface area contributed by atoms with Gasteiger partial charge in [-0.05, 0) is 24.2 Å². The summed E-state index contributed by atoms with van der Waals surface area (Å²) < 4.78 is 24.7. The van der Waals surface area contributed by atoms with Crippen LogP contribution in [0.2, 0.25) is 0 Å². The summed E-state index contributed by atoms with van der Waals surface area (Å²) in [5, 5.41) is 0. The van der Waals surface area contributed by atoms with Crippen molar-refractivity contribution in [3.05, 3.63) is 0 Å². The van der Waals surface area contributed by atoms with Crippen molar-refractivity contribution in [2.75, 3.05) is 13.6 Å². The average molecular weight is 262 g/mol. The highest BCUT2D eigenvalue weighted by Crippen LogP contribution is 2.45. The smallest absolute Gasteiger partial charge is 0.255 e. The lowest BCUT2D eigenvalue weighted by molar-refractivity contribution is -0.143. The first-order chi connectivity index (χ1) is 8.17. The monoisotopic (exact) mass is 262 g/mol. The maximum absolute atomic E-state index is 12.3. The number of carbonyl (C=O) groups is 1. The molecule has 3 unspecified atom stereocenters. The molecule has 0 saturated heterocycles. The molecule has 0 aromatic carbocycles. The summed E-state index contributed by atoms with van der Waals surface area (Å²) in [6, 6.07) is 0.0875. The first-order valence-corrected chi connectivity index (χ1v) is 6.46. The van der Waals surface area contributed by atoms with Crippen molar-refractivity contribution in [1.82, 2.24) is 4.90 Å². The molecule has 0 radical (unpaired) electrons. The van der Waals surface area contributed by atoms with Crippen LogP contribution in [-0.4, -0.2) is 36.9 Å². The van der Waals surface area contributed by atoms with Crippen LogP contribution < -0.4 is 5.73 Å². The summed E-state index contributed by atoms with van der Waals surface area (Å²) in [4.78, 5) is 13.4. The Bertz CT molecular complexity index is 307. The fourth-order valence-corrected chi connectivity index (χ4v) is 2.85. The van der Waals surface area contributed by atoms with Crippen molar-refractivity contribution in [2.24, 2.45) is 23.0 Å². The third kappa shape index (κ3) is 2.99. The number of hydrogen-bond donors (Lipinski definition) is 1. The van der Waals surface area contributed by atoms with Gasteiger partial charge in [0.05, 0.1) is 6.54 Å². The van der Waals surface area contributed by atoms with Gasteiger partial charge in [0.1, 0.15) is 0 Å². The molecule has 1 rings (SSSR count). The fourth-order valence-electron chi connectivity index (χ4n) is 2.85. The van der Waals surface area contributed by atoms with E-state index in [9.17, 15) is 13.6 Å². The molecule has 106 valence electrons. The fraction of sp³-hybridized carbons (Fsp3) is 0.923. The molecule has 2 N–H and O–H groups in total. The van der Waals surface area contributed by atoms with Crippen LogP contribution >= 0.6 is 0 Å². The molecule has 0 aromatic rings. The SMILES string of the molecule is CC1C(N)CCC(C(=O)N(C)CC(F)F)C1(C)C. The topological polar surface area (TPSA) is 46.3 Å². The van der Waals surface area contributed by atoms with Gasteiger partial charge in [0, 0.05) is 19.0 Å². The molecule has 1 amide bonds. The Balaban J connectivity index is 2.79. The lowest BCUT2D eigenvalue weighted by atomic mass is 9.61. The van der Waals surface area contributed by atoms with Gasteiger partial charge in [-0.3, -0.25) is 4.79 Å². The lowest BCUT2D eigenvalue weighted by Gasteiger charge is -2.47. The van der Waals surface area contributed by atoms with Crippen molar-refractivity contribution >= 4 is 5.91 Å². The molecule has 1 fully saturated rings. The highest BCUT2D eigenvalue weighted by Gasteiger charge is 2.45. The van der Waals surface area contributed by atoms with E-state index in [1.54, 1.807) is 0 Å². The van der Waals surface area contributed by atoms with Gasteiger partial charge in [-0.2, -0.15) is 0 Å². The predicted octanol–water partition coefficient (Wildman–Crippen LogP) is 2.11. The normalized spacial score (nSPS) is 31.4. The van der Waals surface area contributed by atoms with Gasteiger partial charge >= 0.3 is 0 Å². The molecule has 0 heterocycles. The maximum Gasteiger partial charge on any atom is 0.255 e. The second-order valence-electron chi connectivity index (χ2n) is 6.01. The van der Waals surface area contributed by atoms with Gasteiger partial charge in [0.2, 0.25) is 5.91 Å². The lowest BCUT2D eigenvalue weighted by Crippen LogP contribution is -2.52. The van der Waals surface area contributed by atoms with Crippen LogP contribution in [0, 0.1) is 17.3 Å². The van der Waals surface area contributed by atoms with Crippen molar-refractivity contribution in [1.29, 1.82) is 0 Å². The van der Waals surface area contributed by atoms with Gasteiger partial charge in [-0.15, -0.1) is 0 Å². The van der Waals surface area contributed by atoms with E-state index in [4.69, 9.17) is 5.73 Å². The molecule has 0 aromatic heterocycles. The first-order valence-electron chi connectivity index (χ1n) is 6.46. The summed E-state index contributed by atoms with van der Waals surface area (Å²) in [7, 11) is 1.45. The standard InChI is InChI=1S/C13H24F2N2O/c1-8-10(16)6-5-9(13(8,2)3)12(18)17(4)7-11(14)15/h8-11H,5-7,16H2,1-4H3. The molecular formula is C13H24F2N2O. The zero-order valence-corrected chi connectivity index (χ0v) is 11.6. The van der Waals surface area contributed by atoms with Crippen LogP contribution in [0.1, 0.15) is 33.6 Å². The van der Waals surface area contributed by atoms with Crippen LogP contribution in [0.4, 0.5) is 8.78 Å². The number of amides is 1. The van der Waals surface area contributed by atoms with Crippen molar-refractivity contribution in [3.63, 3.8) is 0 Å². The molecule has 1 aliphatic carbocycles. The van der Waals surface area contributed by atoms with E-state index in [-0.39, 0.29) is 29.2 Å². The second-order valence-corrected chi connectivity index (χ2v) is 6.01. The van der Waals surface area contributed by atoms with E-state index < -0.39 is 13.0 Å². The number of hydrogen-bond acceptors (Lipinski definition) is 2. The summed E-state index contributed by atoms with van der Waals surface area (Å²) in [5.74, 6) is -0.185. The number of nitrogens with zero attached hydrogens (tertiary/aromatic N) is 1. The minimum Gasteiger partial charge on any atom is -0.340 e. The summed E-state index contributed by atoms with van der Waals surface area (Å²) in [5.41, 5.74) is 5.78. The summed E-state index contributed by atoms with van der Waals surface area (Å²) in [6.07, 6.45) is -1.01. The van der Waals surface area contributed by atoms with Crippen LogP contribution in [-0.2, 0) is 4.79 Å². The predicted molar refractivity (Wildman–Crippen MR) is 67.3 cm³/mol. The zero-order chi connectivity index (χ0) is 14.1. The highest BCUT2D eigenvalue weighted by molar-refractivity contribution is 5.79. The Labute approximate surface area is 108 Å². The molecule has 3 atom stereocenters. The van der Waals surface area contributed by atoms with Crippen molar-refractivity contribution in [2.45, 2.75) is 46.1 Å². The molecule has 5 heteroatoms. The van der Waals surface area contributed by atoms with Crippen LogP contribution in [0.25, 0.3) is 0 Å². The van der Waals surface area contributed by atoms with Crippen LogP contribution in [0.3, 0.4) is 0 Å². The number of nitrogens with two attached hydrogens (primary N) is 1. The second kappa shape index (κ2) is 5.51. The van der Waals surface area contributed by atoms with E-state index in [0.717, 1.165) is 11.3 Å². The molecular weight excluding hydrogens is 238 g/mol. The van der Waals surface area contributed by atoms with Crippen LogP contribution in [0.5, 0.6) is 0 Å². The Hall–Kier alpha value is -0.710. The Morgan fingerprint density at radius 3 is 2.50 bits per heavy atom. The first kappa shape index (κ1) is 15.3. The van der Waals surface area contributed by atoms with Gasteiger partial charge in [0.25, 0.3) is 6.43 Å². The minimum atomic E-state index is -2.48. The summed E-state index contributed by atoms with van der Waals surface area (Å²) >= 11 is 0. The third-order valence-electron chi connectivity index (χ3n) is 4.59. The molecule has 1 aliphatic rings. The van der Waals surface area contributed by atoms with E-state index in [1.165, 1.54) is 7.05 Å². The Morgan fingerprint density at radius 2 is 2.00 bits per heavy atom. The highest BCUT2D eigenvalue weighted by atomic mass is 19.3. The van der Waals surface area contributed by atoms with Gasteiger partial charge in [-0.1, -0.05) is 20.8 Å². The number of halogens is 2. The zero-order valence-electron chi connectivity index (χ0n) is 11.6. The van der Waals surface area contributed by atoms with Gasteiger partial charge in [0.15, 0.2) is 0 Å². The largest absolute Gasteiger partial charge is 0.340 e. The number of rotatable bonds is 3. The molecule has 0 bridgehead atoms. The van der Waals surface area contributed by atoms with E-state index in [1.807, 2.05) is 20.8 Å². The Kier molecular flexibility index (Phi) is 4.70. The Morgan fingerprint density at radius 1 is 1.44 bits per heavy atom. The van der Waals surface area contributed by atoms with E-state index in [2.05, 4.69) is 0 Å². The minimum absolute atomic E-state index is 0.0875. The maximum atomic E-state index is 12.3. The molecule has 0 spiro atoms. The number of alkyl halides is 2. The van der Waals surface area contributed by atoms with Gasteiger partial charge < -0.3 is 10.6 Å². The molecule has 18 heavy (non-hydrogen) atoms. The van der Waals surface area contributed by atoms with E-state index >= 15 is 0 Å². The van der Waals surface area contributed by atoms with Gasteiger partial charge in [-0.25, -0.2) is 8.78 Å². The molecule has 3 nitrogen and oxygen atoms in total. The number of carbonyl (C=O) groups excluding carboxylic acids is 1. The third-order valence-corrected chi connectivity index (χ3v) is 4.59. The van der Waals surface area contributed by atoms with Crippen molar-refractivity contribution in [3.8, 4) is 0 Å². The van der Waals surface area contributed by atoms with E-state index in [0.29, 0.717) is 6.42 Å².